The Morgan fingerprint density at radius 3 is 2.54 bits per heavy atom. The van der Waals surface area contributed by atoms with Gasteiger partial charge in [-0.2, -0.15) is 11.8 Å². The van der Waals surface area contributed by atoms with E-state index in [0.29, 0.717) is 32.2 Å². The second-order valence-electron chi connectivity index (χ2n) is 5.41. The molecule has 2 aromatic rings. The van der Waals surface area contributed by atoms with Crippen LogP contribution >= 0.6 is 50.9 Å². The van der Waals surface area contributed by atoms with Crippen LogP contribution in [0.3, 0.4) is 0 Å². The average molecular weight is 476 g/mol. The molecule has 0 aliphatic carbocycles. The molecule has 2 aromatic carbocycles. The van der Waals surface area contributed by atoms with E-state index in [9.17, 15) is 9.59 Å². The number of amides is 2. The van der Waals surface area contributed by atoms with Crippen LogP contribution < -0.4 is 10.6 Å². The van der Waals surface area contributed by atoms with Gasteiger partial charge in [0.1, 0.15) is 6.04 Å². The van der Waals surface area contributed by atoms with Gasteiger partial charge in [0.15, 0.2) is 0 Å². The minimum absolute atomic E-state index is 0.308. The summed E-state index contributed by atoms with van der Waals surface area (Å²) in [5.41, 5.74) is 0.998. The summed E-state index contributed by atoms with van der Waals surface area (Å²) in [4.78, 5) is 25.2. The highest BCUT2D eigenvalue weighted by Gasteiger charge is 2.22. The van der Waals surface area contributed by atoms with Crippen LogP contribution in [0.5, 0.6) is 0 Å². The topological polar surface area (TPSA) is 58.2 Å². The van der Waals surface area contributed by atoms with Crippen LogP contribution in [0.25, 0.3) is 0 Å². The number of hydrogen-bond acceptors (Lipinski definition) is 3. The van der Waals surface area contributed by atoms with E-state index in [2.05, 4.69) is 26.6 Å². The molecule has 8 heteroatoms. The molecule has 0 aliphatic rings. The van der Waals surface area contributed by atoms with Crippen molar-refractivity contribution in [3.63, 3.8) is 0 Å². The zero-order valence-corrected chi connectivity index (χ0v) is 17.8. The van der Waals surface area contributed by atoms with Crippen LogP contribution in [0, 0.1) is 0 Å². The normalized spacial score (nSPS) is 11.7. The van der Waals surface area contributed by atoms with Gasteiger partial charge in [0, 0.05) is 10.2 Å². The second kappa shape index (κ2) is 10.2. The van der Waals surface area contributed by atoms with E-state index >= 15 is 0 Å². The summed E-state index contributed by atoms with van der Waals surface area (Å²) >= 11 is 16.8. The summed E-state index contributed by atoms with van der Waals surface area (Å²) in [6.45, 7) is 0. The highest BCUT2D eigenvalue weighted by atomic mass is 79.9. The standard InChI is InChI=1S/C18H17BrCl2N2O2S/c1-26-9-8-16(23-17(24)12-4-2-3-5-13(12)19)18(25)22-11-6-7-14(20)15(21)10-11/h2-7,10,16H,8-9H2,1H3,(H,22,25)(H,23,24). The van der Waals surface area contributed by atoms with Crippen molar-refractivity contribution in [1.29, 1.82) is 0 Å². The Morgan fingerprint density at radius 2 is 1.88 bits per heavy atom. The highest BCUT2D eigenvalue weighted by Crippen LogP contribution is 2.25. The number of thioether (sulfide) groups is 1. The molecule has 0 spiro atoms. The van der Waals surface area contributed by atoms with Gasteiger partial charge >= 0.3 is 0 Å². The van der Waals surface area contributed by atoms with Crippen LogP contribution in [0.15, 0.2) is 46.9 Å². The first-order valence-corrected chi connectivity index (χ1v) is 10.7. The van der Waals surface area contributed by atoms with Gasteiger partial charge < -0.3 is 10.6 Å². The van der Waals surface area contributed by atoms with Gasteiger partial charge in [0.2, 0.25) is 5.91 Å². The van der Waals surface area contributed by atoms with Crippen LogP contribution in [0.2, 0.25) is 10.0 Å². The summed E-state index contributed by atoms with van der Waals surface area (Å²) in [5.74, 6) is 0.112. The van der Waals surface area contributed by atoms with Gasteiger partial charge in [-0.25, -0.2) is 0 Å². The second-order valence-corrected chi connectivity index (χ2v) is 8.06. The van der Waals surface area contributed by atoms with Crippen LogP contribution in [-0.4, -0.2) is 29.9 Å². The van der Waals surface area contributed by atoms with Crippen molar-refractivity contribution in [1.82, 2.24) is 5.32 Å². The zero-order chi connectivity index (χ0) is 19.1. The summed E-state index contributed by atoms with van der Waals surface area (Å²) in [5, 5.41) is 6.33. The monoisotopic (exact) mass is 474 g/mol. The van der Waals surface area contributed by atoms with E-state index in [-0.39, 0.29) is 11.8 Å². The van der Waals surface area contributed by atoms with Gasteiger partial charge in [-0.05, 0) is 64.7 Å². The molecular weight excluding hydrogens is 459 g/mol. The summed E-state index contributed by atoms with van der Waals surface area (Å²) in [6, 6.07) is 11.2. The van der Waals surface area contributed by atoms with Gasteiger partial charge in [-0.3, -0.25) is 9.59 Å². The first-order chi connectivity index (χ1) is 12.4. The van der Waals surface area contributed by atoms with Crippen molar-refractivity contribution in [2.24, 2.45) is 0 Å². The Bertz CT molecular complexity index is 805. The molecule has 0 bridgehead atoms. The largest absolute Gasteiger partial charge is 0.340 e. The molecule has 0 fully saturated rings. The lowest BCUT2D eigenvalue weighted by atomic mass is 10.1. The van der Waals surface area contributed by atoms with Crippen molar-refractivity contribution < 1.29 is 9.59 Å². The predicted octanol–water partition coefficient (Wildman–Crippen LogP) is 5.25. The maximum Gasteiger partial charge on any atom is 0.253 e. The fraction of sp³-hybridized carbons (Fsp3) is 0.222. The molecule has 2 N–H and O–H groups in total. The van der Waals surface area contributed by atoms with Crippen molar-refractivity contribution in [2.45, 2.75) is 12.5 Å². The minimum Gasteiger partial charge on any atom is -0.340 e. The third-order valence-electron chi connectivity index (χ3n) is 3.54. The molecule has 0 radical (unpaired) electrons. The first kappa shape index (κ1) is 21.1. The molecule has 0 aliphatic heterocycles. The Morgan fingerprint density at radius 1 is 1.15 bits per heavy atom. The number of nitrogens with one attached hydrogen (secondary N) is 2. The molecule has 4 nitrogen and oxygen atoms in total. The molecule has 2 rings (SSSR count). The van der Waals surface area contributed by atoms with Gasteiger partial charge in [0.25, 0.3) is 5.91 Å². The van der Waals surface area contributed by atoms with E-state index in [1.807, 2.05) is 12.3 Å². The Kier molecular flexibility index (Phi) is 8.28. The SMILES string of the molecule is CSCCC(NC(=O)c1ccccc1Br)C(=O)Nc1ccc(Cl)c(Cl)c1. The van der Waals surface area contributed by atoms with Crippen molar-refractivity contribution in [2.75, 3.05) is 17.3 Å². The van der Waals surface area contributed by atoms with E-state index in [1.54, 1.807) is 48.2 Å². The maximum atomic E-state index is 12.6. The van der Waals surface area contributed by atoms with E-state index in [4.69, 9.17) is 23.2 Å². The number of halogens is 3. The zero-order valence-electron chi connectivity index (χ0n) is 13.9. The molecule has 1 atom stereocenters. The lowest BCUT2D eigenvalue weighted by molar-refractivity contribution is -0.118. The number of carbonyl (C=O) groups is 2. The van der Waals surface area contributed by atoms with Crippen LogP contribution in [0.4, 0.5) is 5.69 Å². The molecule has 26 heavy (non-hydrogen) atoms. The van der Waals surface area contributed by atoms with Crippen molar-refractivity contribution in [3.05, 3.63) is 62.5 Å². The van der Waals surface area contributed by atoms with Crippen molar-refractivity contribution in [3.8, 4) is 0 Å². The summed E-state index contributed by atoms with van der Waals surface area (Å²) in [7, 11) is 0. The predicted molar refractivity (Wildman–Crippen MR) is 113 cm³/mol. The lowest BCUT2D eigenvalue weighted by Crippen LogP contribution is -2.44. The number of rotatable bonds is 7. The lowest BCUT2D eigenvalue weighted by Gasteiger charge is -2.19. The number of hydrogen-bond donors (Lipinski definition) is 2. The molecule has 138 valence electrons. The van der Waals surface area contributed by atoms with Gasteiger partial charge in [-0.15, -0.1) is 0 Å². The molecule has 2 amide bonds. The molecule has 1 unspecified atom stereocenters. The van der Waals surface area contributed by atoms with Crippen LogP contribution in [0.1, 0.15) is 16.8 Å². The Balaban J connectivity index is 2.12. The average Bonchev–Trinajstić information content (AvgIpc) is 2.61. The number of benzene rings is 2. The minimum atomic E-state index is -0.670. The third-order valence-corrected chi connectivity index (χ3v) is 5.61. The maximum absolute atomic E-state index is 12.6. The molecule has 0 heterocycles. The van der Waals surface area contributed by atoms with Gasteiger partial charge in [0.05, 0.1) is 15.6 Å². The third kappa shape index (κ3) is 5.91. The van der Waals surface area contributed by atoms with E-state index in [0.717, 1.165) is 5.75 Å². The Labute approximate surface area is 175 Å². The summed E-state index contributed by atoms with van der Waals surface area (Å²) < 4.78 is 0.672. The molecular formula is C18H17BrCl2N2O2S. The first-order valence-electron chi connectivity index (χ1n) is 7.72. The van der Waals surface area contributed by atoms with E-state index in [1.165, 1.54) is 0 Å². The number of anilines is 1. The van der Waals surface area contributed by atoms with Gasteiger partial charge in [-0.1, -0.05) is 35.3 Å². The highest BCUT2D eigenvalue weighted by molar-refractivity contribution is 9.10. The summed E-state index contributed by atoms with van der Waals surface area (Å²) in [6.07, 6.45) is 2.45. The fourth-order valence-corrected chi connectivity index (χ4v) is 3.42. The fourth-order valence-electron chi connectivity index (χ4n) is 2.19. The number of carbonyl (C=O) groups excluding carboxylic acids is 2. The van der Waals surface area contributed by atoms with Crippen LogP contribution in [-0.2, 0) is 4.79 Å². The quantitative estimate of drug-likeness (QED) is 0.575. The van der Waals surface area contributed by atoms with E-state index < -0.39 is 6.04 Å². The Hall–Kier alpha value is -1.21. The molecule has 0 saturated carbocycles. The molecule has 0 aromatic heterocycles. The van der Waals surface area contributed by atoms with Crippen molar-refractivity contribution >= 4 is 68.4 Å². The smallest absolute Gasteiger partial charge is 0.253 e. The molecule has 0 saturated heterocycles.